The van der Waals surface area contributed by atoms with Crippen molar-refractivity contribution in [1.82, 2.24) is 15.1 Å². The number of carbonyl (C=O) groups is 1. The lowest BCUT2D eigenvalue weighted by Crippen LogP contribution is -2.38. The van der Waals surface area contributed by atoms with E-state index in [0.29, 0.717) is 6.07 Å². The average molecular weight is 319 g/mol. The lowest BCUT2D eigenvalue weighted by Gasteiger charge is -2.22. The molecule has 9 heteroatoms. The highest BCUT2D eigenvalue weighted by Gasteiger charge is 2.43. The van der Waals surface area contributed by atoms with Crippen LogP contribution in [0.25, 0.3) is 0 Å². The van der Waals surface area contributed by atoms with E-state index in [4.69, 9.17) is 0 Å². The Kier molecular flexibility index (Phi) is 4.16. The first-order valence-corrected chi connectivity index (χ1v) is 6.00. The molecule has 4 nitrogen and oxygen atoms in total. The fourth-order valence-corrected chi connectivity index (χ4v) is 1.83. The van der Waals surface area contributed by atoms with Gasteiger partial charge in [-0.05, 0) is 6.07 Å². The summed E-state index contributed by atoms with van der Waals surface area (Å²) in [6.07, 6.45) is -2.73. The summed E-state index contributed by atoms with van der Waals surface area (Å²) in [6.45, 7) is 0. The first kappa shape index (κ1) is 15.9. The van der Waals surface area contributed by atoms with Crippen molar-refractivity contribution in [3.05, 3.63) is 53.4 Å². The summed E-state index contributed by atoms with van der Waals surface area (Å²) in [5.74, 6) is -4.18. The van der Waals surface area contributed by atoms with Gasteiger partial charge in [0.2, 0.25) is 0 Å². The van der Waals surface area contributed by atoms with Gasteiger partial charge in [0.15, 0.2) is 17.7 Å². The van der Waals surface area contributed by atoms with E-state index < -0.39 is 35.3 Å². The fourth-order valence-electron chi connectivity index (χ4n) is 1.83. The van der Waals surface area contributed by atoms with E-state index in [9.17, 15) is 26.7 Å². The molecule has 1 aromatic heterocycles. The maximum Gasteiger partial charge on any atom is 0.412 e. The van der Waals surface area contributed by atoms with Crippen LogP contribution in [0.2, 0.25) is 0 Å². The largest absolute Gasteiger partial charge is 0.412 e. The van der Waals surface area contributed by atoms with Crippen molar-refractivity contribution in [2.45, 2.75) is 12.2 Å². The summed E-state index contributed by atoms with van der Waals surface area (Å²) < 4.78 is 67.2. The molecule has 0 saturated carbocycles. The number of hydrogen-bond donors (Lipinski definition) is 1. The van der Waals surface area contributed by atoms with Crippen LogP contribution in [-0.4, -0.2) is 21.9 Å². The van der Waals surface area contributed by atoms with Gasteiger partial charge in [-0.25, -0.2) is 8.78 Å². The second-order valence-corrected chi connectivity index (χ2v) is 4.49. The quantitative estimate of drug-likeness (QED) is 0.884. The number of rotatable bonds is 3. The van der Waals surface area contributed by atoms with E-state index in [-0.39, 0.29) is 5.56 Å². The molecule has 1 unspecified atom stereocenters. The first-order chi connectivity index (χ1) is 10.2. The standard InChI is InChI=1S/C13H10F5N3O/c1-21-6-7(5-19-21)12(22)20-11(13(16,17)18)8-3-2-4-9(14)10(8)15/h2-6,11H,1H3,(H,20,22). The minimum atomic E-state index is -4.99. The number of amides is 1. The molecule has 2 rings (SSSR count). The van der Waals surface area contributed by atoms with Gasteiger partial charge in [0.05, 0.1) is 11.8 Å². The van der Waals surface area contributed by atoms with E-state index in [1.54, 1.807) is 5.32 Å². The normalized spacial score (nSPS) is 13.0. The lowest BCUT2D eigenvalue weighted by atomic mass is 10.0. The van der Waals surface area contributed by atoms with Crippen molar-refractivity contribution >= 4 is 5.91 Å². The molecule has 0 bridgehead atoms. The lowest BCUT2D eigenvalue weighted by molar-refractivity contribution is -0.155. The summed E-state index contributed by atoms with van der Waals surface area (Å²) >= 11 is 0. The van der Waals surface area contributed by atoms with Crippen LogP contribution in [0.5, 0.6) is 0 Å². The Morgan fingerprint density at radius 1 is 1.32 bits per heavy atom. The Balaban J connectivity index is 2.36. The van der Waals surface area contributed by atoms with Crippen molar-refractivity contribution in [3.8, 4) is 0 Å². The molecule has 0 fully saturated rings. The van der Waals surface area contributed by atoms with Crippen molar-refractivity contribution in [3.63, 3.8) is 0 Å². The molecule has 118 valence electrons. The highest BCUT2D eigenvalue weighted by Crippen LogP contribution is 2.34. The highest BCUT2D eigenvalue weighted by atomic mass is 19.4. The Morgan fingerprint density at radius 2 is 2.00 bits per heavy atom. The van der Waals surface area contributed by atoms with E-state index in [2.05, 4.69) is 5.10 Å². The van der Waals surface area contributed by atoms with Gasteiger partial charge in [0, 0.05) is 18.8 Å². The predicted molar refractivity (Wildman–Crippen MR) is 65.8 cm³/mol. The molecule has 0 aliphatic carbocycles. The van der Waals surface area contributed by atoms with Crippen LogP contribution in [0.3, 0.4) is 0 Å². The molecule has 0 radical (unpaired) electrons. The summed E-state index contributed by atoms with van der Waals surface area (Å²) in [7, 11) is 1.48. The zero-order valence-corrected chi connectivity index (χ0v) is 11.2. The first-order valence-electron chi connectivity index (χ1n) is 6.00. The summed E-state index contributed by atoms with van der Waals surface area (Å²) in [6, 6.07) is -0.284. The van der Waals surface area contributed by atoms with Crippen molar-refractivity contribution in [1.29, 1.82) is 0 Å². The molecule has 1 heterocycles. The summed E-state index contributed by atoms with van der Waals surface area (Å²) in [5.41, 5.74) is -1.13. The molecule has 0 aliphatic rings. The predicted octanol–water partition coefficient (Wildman–Crippen LogP) is 2.73. The molecule has 0 spiro atoms. The number of nitrogens with one attached hydrogen (secondary N) is 1. The number of aryl methyl sites for hydroxylation is 1. The maximum absolute atomic E-state index is 13.6. The molecular formula is C13H10F5N3O. The summed E-state index contributed by atoms with van der Waals surface area (Å²) in [5, 5.41) is 5.30. The maximum atomic E-state index is 13.6. The van der Waals surface area contributed by atoms with Crippen LogP contribution in [-0.2, 0) is 7.05 Å². The Bertz CT molecular complexity index is 695. The number of aromatic nitrogens is 2. The third-order valence-corrected chi connectivity index (χ3v) is 2.86. The van der Waals surface area contributed by atoms with E-state index >= 15 is 0 Å². The second-order valence-electron chi connectivity index (χ2n) is 4.49. The number of halogens is 5. The van der Waals surface area contributed by atoms with E-state index in [1.807, 2.05) is 0 Å². The van der Waals surface area contributed by atoms with Gasteiger partial charge >= 0.3 is 6.18 Å². The van der Waals surface area contributed by atoms with Crippen LogP contribution in [0.15, 0.2) is 30.6 Å². The van der Waals surface area contributed by atoms with Gasteiger partial charge in [-0.2, -0.15) is 18.3 Å². The van der Waals surface area contributed by atoms with E-state index in [1.165, 1.54) is 17.9 Å². The Labute approximate surface area is 121 Å². The third-order valence-electron chi connectivity index (χ3n) is 2.86. The topological polar surface area (TPSA) is 46.9 Å². The number of carbonyl (C=O) groups excluding carboxylic acids is 1. The molecule has 1 atom stereocenters. The van der Waals surface area contributed by atoms with Gasteiger partial charge in [-0.1, -0.05) is 12.1 Å². The van der Waals surface area contributed by atoms with Gasteiger partial charge in [-0.3, -0.25) is 9.48 Å². The average Bonchev–Trinajstić information content (AvgIpc) is 2.85. The Morgan fingerprint density at radius 3 is 2.55 bits per heavy atom. The second kappa shape index (κ2) is 5.74. The van der Waals surface area contributed by atoms with Gasteiger partial charge in [-0.15, -0.1) is 0 Å². The number of hydrogen-bond acceptors (Lipinski definition) is 2. The molecule has 1 aromatic carbocycles. The number of alkyl halides is 3. The zero-order chi connectivity index (χ0) is 16.5. The van der Waals surface area contributed by atoms with Crippen molar-refractivity contribution in [2.24, 2.45) is 7.05 Å². The van der Waals surface area contributed by atoms with Gasteiger partial charge in [0.1, 0.15) is 0 Å². The third kappa shape index (κ3) is 3.23. The monoisotopic (exact) mass is 319 g/mol. The molecule has 1 N–H and O–H groups in total. The van der Waals surface area contributed by atoms with Crippen LogP contribution < -0.4 is 5.32 Å². The minimum absolute atomic E-state index is 0.131. The van der Waals surface area contributed by atoms with Gasteiger partial charge < -0.3 is 5.32 Å². The number of benzene rings is 1. The van der Waals surface area contributed by atoms with Crippen molar-refractivity contribution in [2.75, 3.05) is 0 Å². The van der Waals surface area contributed by atoms with Crippen LogP contribution in [0.1, 0.15) is 22.0 Å². The van der Waals surface area contributed by atoms with Crippen molar-refractivity contribution < 1.29 is 26.7 Å². The van der Waals surface area contributed by atoms with E-state index in [0.717, 1.165) is 18.3 Å². The molecular weight excluding hydrogens is 309 g/mol. The van der Waals surface area contributed by atoms with Crippen LogP contribution in [0, 0.1) is 11.6 Å². The highest BCUT2D eigenvalue weighted by molar-refractivity contribution is 5.94. The zero-order valence-electron chi connectivity index (χ0n) is 11.2. The molecule has 22 heavy (non-hydrogen) atoms. The summed E-state index contributed by atoms with van der Waals surface area (Å²) in [4.78, 5) is 11.8. The van der Waals surface area contributed by atoms with Crippen LogP contribution in [0.4, 0.5) is 22.0 Å². The molecule has 0 saturated heterocycles. The molecule has 2 aromatic rings. The SMILES string of the molecule is Cn1cc(C(=O)NC(c2cccc(F)c2F)C(F)(F)F)cn1. The van der Waals surface area contributed by atoms with Gasteiger partial charge in [0.25, 0.3) is 5.91 Å². The Hall–Kier alpha value is -2.45. The molecule has 0 aliphatic heterocycles. The fraction of sp³-hybridized carbons (Fsp3) is 0.231. The number of nitrogens with zero attached hydrogens (tertiary/aromatic N) is 2. The minimum Gasteiger partial charge on any atom is -0.336 e. The smallest absolute Gasteiger partial charge is 0.336 e. The molecule has 1 amide bonds. The van der Waals surface area contributed by atoms with Crippen LogP contribution >= 0.6 is 0 Å².